The normalized spacial score (nSPS) is 18.5. The van der Waals surface area contributed by atoms with E-state index in [0.717, 1.165) is 26.4 Å². The molecule has 0 aliphatic carbocycles. The summed E-state index contributed by atoms with van der Waals surface area (Å²) in [5.41, 5.74) is 0.913. The summed E-state index contributed by atoms with van der Waals surface area (Å²) >= 11 is 0. The zero-order valence-electron chi connectivity index (χ0n) is 32.6. The molecular formula is C44H55NO8Si. The van der Waals surface area contributed by atoms with Gasteiger partial charge >= 0.3 is 6.09 Å². The maximum absolute atomic E-state index is 14.5. The number of carbonyl (C=O) groups is 2. The van der Waals surface area contributed by atoms with Gasteiger partial charge in [-0.15, -0.1) is 0 Å². The lowest BCUT2D eigenvalue weighted by molar-refractivity contribution is -0.141. The van der Waals surface area contributed by atoms with Crippen LogP contribution in [0.4, 0.5) is 4.79 Å². The summed E-state index contributed by atoms with van der Waals surface area (Å²) in [5.74, 6) is -0.554. The standard InChI is InChI=1S/C44H55NO8Si/c1-43(2,3)53-42(47)45-38(39(49-30-33-20-12-8-13-21-33)40(41(45)46)50-31-34-22-14-9-15-23-34)37(51-32-48-7)28-29-52-54(44(4,5)6,35-24-16-10-17-25-35)36-26-18-11-19-27-36/h8-27,37-40H,28-32H2,1-7H3/t37-,38-,39+,40-/m0/s1. The van der Waals surface area contributed by atoms with Gasteiger partial charge in [-0.25, -0.2) is 9.69 Å². The number of methoxy groups -OCH3 is 1. The van der Waals surface area contributed by atoms with Crippen LogP contribution in [0.25, 0.3) is 0 Å². The van der Waals surface area contributed by atoms with Crippen LogP contribution >= 0.6 is 0 Å². The third kappa shape index (κ3) is 9.92. The average molecular weight is 754 g/mol. The van der Waals surface area contributed by atoms with E-state index in [1.165, 1.54) is 7.11 Å². The van der Waals surface area contributed by atoms with Gasteiger partial charge in [-0.1, -0.05) is 142 Å². The highest BCUT2D eigenvalue weighted by Crippen LogP contribution is 2.38. The van der Waals surface area contributed by atoms with Gasteiger partial charge in [0, 0.05) is 13.7 Å². The zero-order valence-corrected chi connectivity index (χ0v) is 33.6. The Balaban J connectivity index is 1.54. The lowest BCUT2D eigenvalue weighted by atomic mass is 10.0. The van der Waals surface area contributed by atoms with E-state index in [9.17, 15) is 9.59 Å². The molecular weight excluding hydrogens is 699 g/mol. The predicted octanol–water partition coefficient (Wildman–Crippen LogP) is 7.26. The molecule has 0 unspecified atom stereocenters. The molecule has 54 heavy (non-hydrogen) atoms. The van der Waals surface area contributed by atoms with Crippen LogP contribution in [-0.4, -0.2) is 75.7 Å². The lowest BCUT2D eigenvalue weighted by Gasteiger charge is -2.43. The quantitative estimate of drug-likeness (QED) is 0.0873. The second kappa shape index (κ2) is 18.4. The van der Waals surface area contributed by atoms with Crippen molar-refractivity contribution in [3.63, 3.8) is 0 Å². The van der Waals surface area contributed by atoms with Crippen LogP contribution < -0.4 is 10.4 Å². The fourth-order valence-electron chi connectivity index (χ4n) is 7.13. The first kappa shape index (κ1) is 41.0. The molecule has 2 amide bonds. The molecule has 1 saturated heterocycles. The number of ether oxygens (including phenoxy) is 5. The van der Waals surface area contributed by atoms with Crippen LogP contribution in [0.1, 0.15) is 59.1 Å². The van der Waals surface area contributed by atoms with Crippen molar-refractivity contribution in [2.75, 3.05) is 20.5 Å². The highest BCUT2D eigenvalue weighted by Gasteiger charge is 2.57. The van der Waals surface area contributed by atoms with E-state index < -0.39 is 50.3 Å². The highest BCUT2D eigenvalue weighted by molar-refractivity contribution is 6.99. The number of hydrogen-bond acceptors (Lipinski definition) is 8. The van der Waals surface area contributed by atoms with Gasteiger partial charge in [0.25, 0.3) is 14.2 Å². The fourth-order valence-corrected chi connectivity index (χ4v) is 11.7. The largest absolute Gasteiger partial charge is 0.443 e. The Morgan fingerprint density at radius 3 is 1.67 bits per heavy atom. The van der Waals surface area contributed by atoms with E-state index >= 15 is 0 Å². The molecule has 0 spiro atoms. The van der Waals surface area contributed by atoms with Crippen molar-refractivity contribution < 1.29 is 37.7 Å². The van der Waals surface area contributed by atoms with Gasteiger partial charge in [0.15, 0.2) is 6.10 Å². The number of rotatable bonds is 16. The smallest absolute Gasteiger partial charge is 0.417 e. The summed E-state index contributed by atoms with van der Waals surface area (Å²) in [7, 11) is -1.39. The Morgan fingerprint density at radius 1 is 0.722 bits per heavy atom. The number of carbonyl (C=O) groups excluding carboxylic acids is 2. The van der Waals surface area contributed by atoms with Gasteiger partial charge in [0.2, 0.25) is 0 Å². The topological polar surface area (TPSA) is 92.8 Å². The third-order valence-electron chi connectivity index (χ3n) is 9.48. The number of hydrogen-bond donors (Lipinski definition) is 0. The molecule has 4 atom stereocenters. The van der Waals surface area contributed by atoms with Crippen LogP contribution in [0.5, 0.6) is 0 Å². The fraction of sp³-hybridized carbons (Fsp3) is 0.409. The molecule has 1 heterocycles. The molecule has 288 valence electrons. The molecule has 5 rings (SSSR count). The summed E-state index contributed by atoms with van der Waals surface area (Å²) in [6.45, 7) is 12.5. The van der Waals surface area contributed by atoms with Crippen LogP contribution in [0.2, 0.25) is 5.04 Å². The minimum absolute atomic E-state index is 0.0856. The first-order valence-electron chi connectivity index (χ1n) is 18.6. The molecule has 0 aromatic heterocycles. The Bertz CT molecular complexity index is 1710. The summed E-state index contributed by atoms with van der Waals surface area (Å²) in [6, 6.07) is 39.2. The summed E-state index contributed by atoms with van der Waals surface area (Å²) in [5, 5.41) is 2.02. The number of likely N-dealkylation sites (tertiary alicyclic amines) is 1. The minimum atomic E-state index is -2.93. The molecule has 0 N–H and O–H groups in total. The molecule has 0 bridgehead atoms. The van der Waals surface area contributed by atoms with Crippen molar-refractivity contribution in [2.45, 2.75) is 96.2 Å². The third-order valence-corrected chi connectivity index (χ3v) is 14.5. The Morgan fingerprint density at radius 2 is 1.20 bits per heavy atom. The Labute approximate surface area is 321 Å². The number of nitrogens with zero attached hydrogens (tertiary/aromatic N) is 1. The van der Waals surface area contributed by atoms with Crippen LogP contribution in [0.3, 0.4) is 0 Å². The van der Waals surface area contributed by atoms with Crippen LogP contribution in [0.15, 0.2) is 121 Å². The van der Waals surface area contributed by atoms with Crippen molar-refractivity contribution in [3.8, 4) is 0 Å². The van der Waals surface area contributed by atoms with Crippen molar-refractivity contribution in [1.82, 2.24) is 4.90 Å². The first-order valence-corrected chi connectivity index (χ1v) is 20.5. The molecule has 4 aromatic rings. The second-order valence-electron chi connectivity index (χ2n) is 15.6. The summed E-state index contributed by atoms with van der Waals surface area (Å²) in [4.78, 5) is 29.7. The molecule has 1 aliphatic rings. The van der Waals surface area contributed by atoms with Crippen LogP contribution in [0, 0.1) is 0 Å². The summed E-state index contributed by atoms with van der Waals surface area (Å²) < 4.78 is 38.0. The van der Waals surface area contributed by atoms with E-state index in [1.54, 1.807) is 20.8 Å². The van der Waals surface area contributed by atoms with Gasteiger partial charge in [-0.3, -0.25) is 4.79 Å². The monoisotopic (exact) mass is 753 g/mol. The molecule has 0 saturated carbocycles. The van der Waals surface area contributed by atoms with E-state index in [1.807, 2.05) is 97.1 Å². The number of amides is 2. The highest BCUT2D eigenvalue weighted by atomic mass is 28.4. The van der Waals surface area contributed by atoms with Crippen molar-refractivity contribution in [3.05, 3.63) is 132 Å². The molecule has 1 aliphatic heterocycles. The van der Waals surface area contributed by atoms with Crippen molar-refractivity contribution in [2.24, 2.45) is 0 Å². The lowest BCUT2D eigenvalue weighted by Crippen LogP contribution is -2.66. The number of benzene rings is 4. The summed E-state index contributed by atoms with van der Waals surface area (Å²) in [6.07, 6.45) is -3.30. The zero-order chi connectivity index (χ0) is 38.8. The Kier molecular flexibility index (Phi) is 14.0. The van der Waals surface area contributed by atoms with Crippen molar-refractivity contribution in [1.29, 1.82) is 0 Å². The average Bonchev–Trinajstić information content (AvgIpc) is 3.43. The van der Waals surface area contributed by atoms with Gasteiger partial charge in [-0.05, 0) is 53.7 Å². The molecule has 0 radical (unpaired) electrons. The SMILES string of the molecule is COCO[C@@H](CCO[Si](c1ccccc1)(c1ccccc1)C(C)(C)C)[C@H]1[C@@H](OCc2ccccc2)[C@H](OCc2ccccc2)C(=O)N1C(=O)OC(C)(C)C. The van der Waals surface area contributed by atoms with Crippen LogP contribution in [-0.2, 0) is 46.1 Å². The number of imide groups is 1. The van der Waals surface area contributed by atoms with E-state index in [2.05, 4.69) is 45.0 Å². The van der Waals surface area contributed by atoms with Gasteiger partial charge in [0.05, 0.1) is 25.4 Å². The molecule has 9 nitrogen and oxygen atoms in total. The van der Waals surface area contributed by atoms with E-state index in [0.29, 0.717) is 6.42 Å². The van der Waals surface area contributed by atoms with Gasteiger partial charge in [-0.2, -0.15) is 0 Å². The Hall–Kier alpha value is -4.16. The molecule has 4 aromatic carbocycles. The minimum Gasteiger partial charge on any atom is -0.443 e. The first-order chi connectivity index (χ1) is 25.9. The predicted molar refractivity (Wildman–Crippen MR) is 212 cm³/mol. The maximum atomic E-state index is 14.5. The second-order valence-corrected chi connectivity index (χ2v) is 19.9. The molecule has 1 fully saturated rings. The van der Waals surface area contributed by atoms with E-state index in [4.69, 9.17) is 28.1 Å². The maximum Gasteiger partial charge on any atom is 0.417 e. The molecule has 10 heteroatoms. The van der Waals surface area contributed by atoms with E-state index in [-0.39, 0.29) is 31.7 Å². The van der Waals surface area contributed by atoms with Gasteiger partial charge < -0.3 is 28.1 Å². The van der Waals surface area contributed by atoms with Gasteiger partial charge in [0.1, 0.15) is 18.5 Å². The van der Waals surface area contributed by atoms with Crippen molar-refractivity contribution >= 4 is 30.7 Å².